The zero-order valence-electron chi connectivity index (χ0n) is 14.9. The molecule has 0 fully saturated rings. The normalized spacial score (nSPS) is 11.6. The van der Waals surface area contributed by atoms with Gasteiger partial charge in [0.05, 0.1) is 22.8 Å². The number of benzene rings is 2. The van der Waals surface area contributed by atoms with Crippen LogP contribution in [0.5, 0.6) is 0 Å². The van der Waals surface area contributed by atoms with E-state index in [2.05, 4.69) is 27.8 Å². The highest BCUT2D eigenvalue weighted by molar-refractivity contribution is 6.19. The minimum absolute atomic E-state index is 0.793. The quantitative estimate of drug-likeness (QED) is 0.381. The highest BCUT2D eigenvalue weighted by Gasteiger charge is 2.19. The Morgan fingerprint density at radius 1 is 0.750 bits per heavy atom. The van der Waals surface area contributed by atoms with E-state index in [0.29, 0.717) is 0 Å². The third kappa shape index (κ3) is 2.12. The summed E-state index contributed by atoms with van der Waals surface area (Å²) in [5.41, 5.74) is 4.66. The highest BCUT2D eigenvalue weighted by atomic mass is 16.3. The summed E-state index contributed by atoms with van der Waals surface area (Å²) in [6.45, 7) is 0. The molecule has 132 valence electrons. The molecule has 4 heterocycles. The third-order valence-corrected chi connectivity index (χ3v) is 5.12. The smallest absolute Gasteiger partial charge is 0.215 e. The van der Waals surface area contributed by atoms with Crippen molar-refractivity contribution in [2.45, 2.75) is 0 Å². The number of rotatable bonds is 2. The monoisotopic (exact) mass is 361 g/mol. The second-order valence-corrected chi connectivity index (χ2v) is 6.75. The van der Waals surface area contributed by atoms with E-state index < -0.39 is 0 Å². The molecule has 0 aliphatic rings. The molecular formula is C24H15N3O. The van der Waals surface area contributed by atoms with Crippen LogP contribution < -0.4 is 0 Å². The molecule has 2 aromatic carbocycles. The lowest BCUT2D eigenvalue weighted by Gasteiger charge is -2.07. The molecule has 0 bridgehead atoms. The first-order valence-corrected chi connectivity index (χ1v) is 9.19. The molecule has 0 spiro atoms. The van der Waals surface area contributed by atoms with Crippen LogP contribution in [0.2, 0.25) is 0 Å². The summed E-state index contributed by atoms with van der Waals surface area (Å²) in [4.78, 5) is 9.28. The van der Waals surface area contributed by atoms with Gasteiger partial charge >= 0.3 is 0 Å². The Morgan fingerprint density at radius 3 is 2.54 bits per heavy atom. The molecule has 0 amide bonds. The topological polar surface area (TPSA) is 43.9 Å². The van der Waals surface area contributed by atoms with E-state index in [1.807, 2.05) is 73.1 Å². The molecule has 0 saturated carbocycles. The molecule has 0 atom stereocenters. The van der Waals surface area contributed by atoms with Gasteiger partial charge in [0.2, 0.25) is 5.71 Å². The van der Waals surface area contributed by atoms with Crippen LogP contribution in [-0.4, -0.2) is 14.5 Å². The molecule has 0 aliphatic heterocycles. The predicted molar refractivity (Wildman–Crippen MR) is 112 cm³/mol. The van der Waals surface area contributed by atoms with Crippen LogP contribution >= 0.6 is 0 Å². The summed E-state index contributed by atoms with van der Waals surface area (Å²) >= 11 is 0. The number of hydrogen-bond acceptors (Lipinski definition) is 3. The lowest BCUT2D eigenvalue weighted by Crippen LogP contribution is -1.98. The van der Waals surface area contributed by atoms with E-state index in [-0.39, 0.29) is 0 Å². The first kappa shape index (κ1) is 15.2. The summed E-state index contributed by atoms with van der Waals surface area (Å²) in [6.07, 6.45) is 3.69. The Bertz CT molecular complexity index is 1460. The molecule has 0 radical (unpaired) electrons. The van der Waals surface area contributed by atoms with Crippen molar-refractivity contribution in [2.75, 3.05) is 0 Å². The number of para-hydroxylation sites is 1. The number of pyridine rings is 2. The fourth-order valence-corrected chi connectivity index (χ4v) is 3.88. The first-order valence-electron chi connectivity index (χ1n) is 9.19. The standard InChI is InChI=1S/C24H15N3O/c1-2-7-16(8-3-1)19-10-6-12-22(26-19)27-20-15-25-14-13-17(20)23-18-9-4-5-11-21(18)28-24(23)27/h1-15H. The Kier molecular flexibility index (Phi) is 3.14. The van der Waals surface area contributed by atoms with E-state index in [0.717, 1.165) is 50.0 Å². The average molecular weight is 361 g/mol. The maximum Gasteiger partial charge on any atom is 0.215 e. The molecular weight excluding hydrogens is 346 g/mol. The molecule has 0 unspecified atom stereocenters. The van der Waals surface area contributed by atoms with Crippen molar-refractivity contribution < 1.29 is 4.42 Å². The Hall–Kier alpha value is -3.92. The number of fused-ring (bicyclic) bond motifs is 5. The van der Waals surface area contributed by atoms with Crippen LogP contribution in [0.4, 0.5) is 0 Å². The molecule has 4 nitrogen and oxygen atoms in total. The summed E-state index contributed by atoms with van der Waals surface area (Å²) < 4.78 is 8.32. The Morgan fingerprint density at radius 2 is 1.61 bits per heavy atom. The highest BCUT2D eigenvalue weighted by Crippen LogP contribution is 2.38. The molecule has 0 aliphatic carbocycles. The van der Waals surface area contributed by atoms with Gasteiger partial charge in [-0.15, -0.1) is 0 Å². The van der Waals surface area contributed by atoms with Gasteiger partial charge in [-0.05, 0) is 24.3 Å². The summed E-state index contributed by atoms with van der Waals surface area (Å²) in [5.74, 6) is 0.813. The molecule has 6 rings (SSSR count). The van der Waals surface area contributed by atoms with Gasteiger partial charge < -0.3 is 4.42 Å². The van der Waals surface area contributed by atoms with Gasteiger partial charge in [0.25, 0.3) is 0 Å². The maximum absolute atomic E-state index is 6.26. The van der Waals surface area contributed by atoms with Crippen molar-refractivity contribution in [1.29, 1.82) is 0 Å². The predicted octanol–water partition coefficient (Wildman–Crippen LogP) is 5.99. The maximum atomic E-state index is 6.26. The van der Waals surface area contributed by atoms with Crippen LogP contribution in [0, 0.1) is 0 Å². The Labute approximate surface area is 160 Å². The van der Waals surface area contributed by atoms with Gasteiger partial charge in [-0.2, -0.15) is 0 Å². The van der Waals surface area contributed by atoms with Gasteiger partial charge in [-0.25, -0.2) is 4.98 Å². The summed E-state index contributed by atoms with van der Waals surface area (Å²) in [5, 5.41) is 3.31. The summed E-state index contributed by atoms with van der Waals surface area (Å²) in [7, 11) is 0. The van der Waals surface area contributed by atoms with Crippen molar-refractivity contribution in [2.24, 2.45) is 0 Å². The minimum atomic E-state index is 0.793. The lowest BCUT2D eigenvalue weighted by molar-refractivity contribution is 0.644. The lowest BCUT2D eigenvalue weighted by atomic mass is 10.1. The fourth-order valence-electron chi connectivity index (χ4n) is 3.88. The zero-order chi connectivity index (χ0) is 18.5. The van der Waals surface area contributed by atoms with Crippen molar-refractivity contribution in [3.63, 3.8) is 0 Å². The third-order valence-electron chi connectivity index (χ3n) is 5.12. The van der Waals surface area contributed by atoms with Gasteiger partial charge in [-0.3, -0.25) is 9.55 Å². The number of furan rings is 1. The van der Waals surface area contributed by atoms with Gasteiger partial charge in [-0.1, -0.05) is 54.6 Å². The van der Waals surface area contributed by atoms with E-state index in [1.165, 1.54) is 0 Å². The van der Waals surface area contributed by atoms with Crippen LogP contribution in [0.15, 0.2) is 95.7 Å². The van der Waals surface area contributed by atoms with Crippen molar-refractivity contribution in [3.05, 3.63) is 91.3 Å². The van der Waals surface area contributed by atoms with Crippen molar-refractivity contribution in [1.82, 2.24) is 14.5 Å². The largest absolute Gasteiger partial charge is 0.439 e. The first-order chi connectivity index (χ1) is 13.9. The molecule has 28 heavy (non-hydrogen) atoms. The SMILES string of the molecule is c1ccc(-c2cccc(-n3c4cnccc4c4c5ccccc5oc43)n2)cc1. The van der Waals surface area contributed by atoms with Crippen LogP contribution in [0.25, 0.3) is 50.0 Å². The second kappa shape index (κ2) is 5.79. The van der Waals surface area contributed by atoms with E-state index in [9.17, 15) is 0 Å². The van der Waals surface area contributed by atoms with Crippen LogP contribution in [-0.2, 0) is 0 Å². The van der Waals surface area contributed by atoms with Crippen LogP contribution in [0.3, 0.4) is 0 Å². The van der Waals surface area contributed by atoms with Crippen molar-refractivity contribution >= 4 is 33.0 Å². The fraction of sp³-hybridized carbons (Fsp3) is 0. The average Bonchev–Trinajstić information content (AvgIpc) is 3.29. The van der Waals surface area contributed by atoms with E-state index in [1.54, 1.807) is 0 Å². The van der Waals surface area contributed by atoms with Gasteiger partial charge in [0, 0.05) is 22.5 Å². The molecule has 4 aromatic heterocycles. The summed E-state index contributed by atoms with van der Waals surface area (Å²) in [6, 6.07) is 26.4. The number of nitrogens with zero attached hydrogens (tertiary/aromatic N) is 3. The van der Waals surface area contributed by atoms with Gasteiger partial charge in [0.15, 0.2) is 0 Å². The van der Waals surface area contributed by atoms with Crippen LogP contribution in [0.1, 0.15) is 0 Å². The number of aromatic nitrogens is 3. The zero-order valence-corrected chi connectivity index (χ0v) is 14.9. The van der Waals surface area contributed by atoms with Gasteiger partial charge in [0.1, 0.15) is 11.4 Å². The van der Waals surface area contributed by atoms with Crippen molar-refractivity contribution in [3.8, 4) is 17.1 Å². The molecule has 6 aromatic rings. The molecule has 0 saturated heterocycles. The van der Waals surface area contributed by atoms with E-state index >= 15 is 0 Å². The molecule has 0 N–H and O–H groups in total. The van der Waals surface area contributed by atoms with E-state index in [4.69, 9.17) is 9.40 Å². The number of hydrogen-bond donors (Lipinski definition) is 0. The Balaban J connectivity index is 1.70. The minimum Gasteiger partial charge on any atom is -0.439 e. The second-order valence-electron chi connectivity index (χ2n) is 6.75. The molecule has 4 heteroatoms.